The number of anilines is 1. The molecule has 0 atom stereocenters. The van der Waals surface area contributed by atoms with Crippen molar-refractivity contribution in [1.29, 1.82) is 0 Å². The molecule has 26 heavy (non-hydrogen) atoms. The fourth-order valence-electron chi connectivity index (χ4n) is 2.17. The Hall–Kier alpha value is -3.00. The highest BCUT2D eigenvalue weighted by Gasteiger charge is 2.19. The Balaban J connectivity index is 1.64. The summed E-state index contributed by atoms with van der Waals surface area (Å²) in [7, 11) is 0. The van der Waals surface area contributed by atoms with E-state index in [1.807, 2.05) is 31.2 Å². The molecule has 1 N–H and O–H groups in total. The van der Waals surface area contributed by atoms with E-state index in [0.29, 0.717) is 11.3 Å². The van der Waals surface area contributed by atoms with E-state index in [1.54, 1.807) is 13.1 Å². The van der Waals surface area contributed by atoms with E-state index in [9.17, 15) is 9.59 Å². The topological polar surface area (TPSA) is 96.9 Å². The van der Waals surface area contributed by atoms with Crippen LogP contribution in [0.2, 0.25) is 0 Å². The van der Waals surface area contributed by atoms with Crippen molar-refractivity contribution < 1.29 is 14.1 Å². The molecule has 0 bridgehead atoms. The van der Waals surface area contributed by atoms with Gasteiger partial charge in [0.05, 0.1) is 28.8 Å². The second-order valence-electron chi connectivity index (χ2n) is 5.65. The lowest BCUT2D eigenvalue weighted by molar-refractivity contribution is -0.114. The minimum absolute atomic E-state index is 0.0312. The molecular weight excluding hydrogens is 352 g/mol. The average Bonchev–Trinajstić information content (AvgIpc) is 3.06. The van der Waals surface area contributed by atoms with E-state index in [4.69, 9.17) is 4.52 Å². The number of aromatic nitrogens is 1. The molecule has 2 heterocycles. The van der Waals surface area contributed by atoms with Gasteiger partial charge in [0, 0.05) is 0 Å². The van der Waals surface area contributed by atoms with E-state index in [1.165, 1.54) is 0 Å². The van der Waals surface area contributed by atoms with E-state index in [0.717, 1.165) is 22.9 Å². The standard InChI is InChI=1S/C18H16N4O3S/c1-10-4-6-13(7-5-10)14-8-19-25-17(14)21-15(23)9-26-18-20-12(3)11(2)16(24)22-18/h4-8H,2,9H2,1,3H3,(H,21,23). The molecule has 2 amide bonds. The lowest BCUT2D eigenvalue weighted by atomic mass is 10.1. The molecule has 8 heteroatoms. The van der Waals surface area contributed by atoms with Crippen LogP contribution in [-0.4, -0.2) is 33.6 Å². The first-order valence-electron chi connectivity index (χ1n) is 7.76. The SMILES string of the molecule is C=C1C(=O)N=C(SCC(=O)Nc2oncc2-c2ccc(C)cc2)N=C1C. The Labute approximate surface area is 154 Å². The van der Waals surface area contributed by atoms with Crippen molar-refractivity contribution in [3.8, 4) is 11.1 Å². The fourth-order valence-corrected chi connectivity index (χ4v) is 2.85. The number of amides is 2. The van der Waals surface area contributed by atoms with E-state index < -0.39 is 5.91 Å². The zero-order chi connectivity index (χ0) is 18.7. The molecule has 0 saturated heterocycles. The number of amidine groups is 1. The van der Waals surface area contributed by atoms with Gasteiger partial charge >= 0.3 is 0 Å². The first-order valence-corrected chi connectivity index (χ1v) is 8.74. The van der Waals surface area contributed by atoms with Crippen molar-refractivity contribution in [2.24, 2.45) is 9.98 Å². The van der Waals surface area contributed by atoms with Gasteiger partial charge in [-0.2, -0.15) is 4.99 Å². The Morgan fingerprint density at radius 2 is 1.96 bits per heavy atom. The van der Waals surface area contributed by atoms with Gasteiger partial charge in [-0.1, -0.05) is 53.3 Å². The normalized spacial score (nSPS) is 14.1. The second-order valence-corrected chi connectivity index (χ2v) is 6.59. The summed E-state index contributed by atoms with van der Waals surface area (Å²) in [6.07, 6.45) is 1.55. The Morgan fingerprint density at radius 3 is 2.65 bits per heavy atom. The van der Waals surface area contributed by atoms with Crippen LogP contribution >= 0.6 is 11.8 Å². The van der Waals surface area contributed by atoms with Crippen molar-refractivity contribution in [2.45, 2.75) is 13.8 Å². The van der Waals surface area contributed by atoms with Gasteiger partial charge in [-0.15, -0.1) is 0 Å². The lowest BCUT2D eigenvalue weighted by Crippen LogP contribution is -2.18. The average molecular weight is 368 g/mol. The van der Waals surface area contributed by atoms with Gasteiger partial charge in [-0.05, 0) is 19.4 Å². The van der Waals surface area contributed by atoms with E-state index in [2.05, 4.69) is 27.0 Å². The summed E-state index contributed by atoms with van der Waals surface area (Å²) in [4.78, 5) is 31.8. The van der Waals surface area contributed by atoms with Crippen LogP contribution < -0.4 is 5.32 Å². The number of nitrogens with one attached hydrogen (secondary N) is 1. The summed E-state index contributed by atoms with van der Waals surface area (Å²) in [5, 5.41) is 6.68. The number of aliphatic imine (C=N–C) groups is 2. The smallest absolute Gasteiger partial charge is 0.280 e. The second kappa shape index (κ2) is 7.49. The first-order chi connectivity index (χ1) is 12.4. The van der Waals surface area contributed by atoms with Crippen LogP contribution in [0.3, 0.4) is 0 Å². The highest BCUT2D eigenvalue weighted by atomic mass is 32.2. The highest BCUT2D eigenvalue weighted by molar-refractivity contribution is 8.14. The highest BCUT2D eigenvalue weighted by Crippen LogP contribution is 2.28. The molecule has 0 saturated carbocycles. The number of thioether (sulfide) groups is 1. The lowest BCUT2D eigenvalue weighted by Gasteiger charge is -2.09. The minimum atomic E-state index is -0.433. The van der Waals surface area contributed by atoms with Crippen LogP contribution in [0, 0.1) is 6.92 Å². The zero-order valence-electron chi connectivity index (χ0n) is 14.3. The molecule has 0 radical (unpaired) electrons. The van der Waals surface area contributed by atoms with Gasteiger partial charge in [0.1, 0.15) is 0 Å². The summed E-state index contributed by atoms with van der Waals surface area (Å²) in [5.74, 6) is -0.442. The predicted octanol–water partition coefficient (Wildman–Crippen LogP) is 3.24. The largest absolute Gasteiger partial charge is 0.338 e. The fraction of sp³-hybridized carbons (Fsp3) is 0.167. The summed E-state index contributed by atoms with van der Waals surface area (Å²) in [6.45, 7) is 7.28. The molecule has 1 aliphatic rings. The summed E-state index contributed by atoms with van der Waals surface area (Å²) in [6, 6.07) is 7.80. The van der Waals surface area contributed by atoms with Gasteiger partial charge in [-0.3, -0.25) is 14.9 Å². The quantitative estimate of drug-likeness (QED) is 0.836. The number of hydrogen-bond donors (Lipinski definition) is 1. The Morgan fingerprint density at radius 1 is 1.23 bits per heavy atom. The maximum Gasteiger partial charge on any atom is 0.280 e. The first kappa shape index (κ1) is 17.8. The van der Waals surface area contributed by atoms with Crippen LogP contribution in [0.1, 0.15) is 12.5 Å². The van der Waals surface area contributed by atoms with Gasteiger partial charge in [0.2, 0.25) is 11.8 Å². The molecule has 3 rings (SSSR count). The van der Waals surface area contributed by atoms with Crippen molar-refractivity contribution in [3.63, 3.8) is 0 Å². The van der Waals surface area contributed by atoms with Crippen molar-refractivity contribution in [1.82, 2.24) is 5.16 Å². The van der Waals surface area contributed by atoms with Crippen LogP contribution in [0.15, 0.2) is 57.1 Å². The molecule has 1 aromatic heterocycles. The summed E-state index contributed by atoms with van der Waals surface area (Å²) < 4.78 is 5.15. The number of benzene rings is 1. The predicted molar refractivity (Wildman–Crippen MR) is 102 cm³/mol. The van der Waals surface area contributed by atoms with Gasteiger partial charge in [-0.25, -0.2) is 4.99 Å². The molecule has 2 aromatic rings. The maximum atomic E-state index is 12.2. The monoisotopic (exact) mass is 368 g/mol. The number of rotatable bonds is 4. The van der Waals surface area contributed by atoms with E-state index in [-0.39, 0.29) is 28.3 Å². The summed E-state index contributed by atoms with van der Waals surface area (Å²) in [5.41, 5.74) is 3.49. The molecule has 0 aliphatic carbocycles. The van der Waals surface area contributed by atoms with Crippen molar-refractivity contribution >= 4 is 40.3 Å². The Bertz CT molecular complexity index is 942. The van der Waals surface area contributed by atoms with Crippen molar-refractivity contribution in [2.75, 3.05) is 11.1 Å². The molecule has 0 unspecified atom stereocenters. The van der Waals surface area contributed by atoms with Gasteiger partial charge in [0.15, 0.2) is 5.17 Å². The molecule has 132 valence electrons. The third-order valence-electron chi connectivity index (χ3n) is 3.67. The molecule has 0 fully saturated rings. The minimum Gasteiger partial charge on any atom is -0.338 e. The van der Waals surface area contributed by atoms with E-state index >= 15 is 0 Å². The molecule has 1 aromatic carbocycles. The van der Waals surface area contributed by atoms with Crippen LogP contribution in [-0.2, 0) is 9.59 Å². The zero-order valence-corrected chi connectivity index (χ0v) is 15.1. The maximum absolute atomic E-state index is 12.2. The third-order valence-corrected chi connectivity index (χ3v) is 4.52. The van der Waals surface area contributed by atoms with Crippen LogP contribution in [0.5, 0.6) is 0 Å². The molecular formula is C18H16N4O3S. The van der Waals surface area contributed by atoms with Crippen molar-refractivity contribution in [3.05, 3.63) is 48.2 Å². The van der Waals surface area contributed by atoms with Gasteiger partial charge < -0.3 is 4.52 Å². The molecule has 7 nitrogen and oxygen atoms in total. The summed E-state index contributed by atoms with van der Waals surface area (Å²) >= 11 is 1.07. The van der Waals surface area contributed by atoms with Crippen LogP contribution in [0.4, 0.5) is 5.88 Å². The number of nitrogens with zero attached hydrogens (tertiary/aromatic N) is 3. The van der Waals surface area contributed by atoms with Gasteiger partial charge in [0.25, 0.3) is 5.91 Å². The Kier molecular flexibility index (Phi) is 5.13. The molecule has 1 aliphatic heterocycles. The number of carbonyl (C=O) groups is 2. The third kappa shape index (κ3) is 3.97. The number of carbonyl (C=O) groups excluding carboxylic acids is 2. The van der Waals surface area contributed by atoms with Crippen LogP contribution in [0.25, 0.3) is 11.1 Å². The number of hydrogen-bond acceptors (Lipinski definition) is 6. The molecule has 0 spiro atoms. The number of aryl methyl sites for hydroxylation is 1.